The Bertz CT molecular complexity index is 1860. The minimum atomic E-state index is -5.14. The first-order valence-corrected chi connectivity index (χ1v) is 13.8. The van der Waals surface area contributed by atoms with Crippen LogP contribution in [0.1, 0.15) is 60.0 Å². The van der Waals surface area contributed by atoms with E-state index in [-0.39, 0.29) is 23.7 Å². The summed E-state index contributed by atoms with van der Waals surface area (Å²) in [6, 6.07) is 7.94. The molecule has 3 heterocycles. The van der Waals surface area contributed by atoms with Crippen molar-refractivity contribution < 1.29 is 32.3 Å². The number of ether oxygens (including phenoxy) is 1. The number of esters is 1. The molecule has 14 heteroatoms. The summed E-state index contributed by atoms with van der Waals surface area (Å²) >= 11 is 0. The van der Waals surface area contributed by atoms with Crippen molar-refractivity contribution in [1.82, 2.24) is 19.1 Å². The number of alkyl halides is 3. The van der Waals surface area contributed by atoms with Gasteiger partial charge in [-0.2, -0.15) is 13.2 Å². The van der Waals surface area contributed by atoms with E-state index >= 15 is 0 Å². The van der Waals surface area contributed by atoms with Gasteiger partial charge in [0.25, 0.3) is 11.5 Å². The number of halogens is 3. The molecule has 0 atom stereocenters. The first-order chi connectivity index (χ1) is 20.7. The zero-order valence-corrected chi connectivity index (χ0v) is 24.1. The van der Waals surface area contributed by atoms with Crippen molar-refractivity contribution in [2.24, 2.45) is 0 Å². The number of carbonyl (C=O) groups excluding carboxylic acids is 3. The van der Waals surface area contributed by atoms with E-state index in [0.29, 0.717) is 64.9 Å². The number of nitrogen functional groups attached to an aromatic ring is 1. The molecule has 0 aliphatic heterocycles. The molecule has 0 fully saturated rings. The van der Waals surface area contributed by atoms with Crippen molar-refractivity contribution in [2.75, 3.05) is 11.1 Å². The third-order valence-corrected chi connectivity index (χ3v) is 7.37. The second kappa shape index (κ2) is 11.2. The van der Waals surface area contributed by atoms with Gasteiger partial charge in [-0.3, -0.25) is 14.4 Å². The predicted molar refractivity (Wildman–Crippen MR) is 155 cm³/mol. The Morgan fingerprint density at radius 1 is 1.07 bits per heavy atom. The molecule has 0 saturated heterocycles. The zero-order valence-electron chi connectivity index (χ0n) is 24.1. The Morgan fingerprint density at radius 3 is 2.43 bits per heavy atom. The molecule has 0 spiro atoms. The Hall–Kier alpha value is -5.01. The Morgan fingerprint density at radius 2 is 1.77 bits per heavy atom. The third-order valence-electron chi connectivity index (χ3n) is 7.37. The number of carbonyl (C=O) groups is 3. The van der Waals surface area contributed by atoms with Gasteiger partial charge in [0.05, 0.1) is 11.9 Å². The van der Waals surface area contributed by atoms with Gasteiger partial charge < -0.3 is 24.9 Å². The van der Waals surface area contributed by atoms with Gasteiger partial charge in [0.2, 0.25) is 0 Å². The third kappa shape index (κ3) is 5.79. The van der Waals surface area contributed by atoms with Gasteiger partial charge in [0.15, 0.2) is 5.78 Å². The highest BCUT2D eigenvalue weighted by Crippen LogP contribution is 2.34. The monoisotopic (exact) mass is 610 g/mol. The first-order valence-electron chi connectivity index (χ1n) is 13.8. The number of nitrogens with one attached hydrogen (secondary N) is 1. The molecule has 1 amide bonds. The van der Waals surface area contributed by atoms with Crippen LogP contribution < -0.4 is 16.6 Å². The van der Waals surface area contributed by atoms with E-state index in [0.717, 1.165) is 0 Å². The highest BCUT2D eigenvalue weighted by molar-refractivity contribution is 6.07. The van der Waals surface area contributed by atoms with Crippen molar-refractivity contribution in [3.05, 3.63) is 70.0 Å². The average molecular weight is 611 g/mol. The van der Waals surface area contributed by atoms with E-state index in [1.54, 1.807) is 37.4 Å². The molecule has 44 heavy (non-hydrogen) atoms. The lowest BCUT2D eigenvalue weighted by atomic mass is 9.93. The number of nitrogens with two attached hydrogens (primary N) is 1. The number of anilines is 2. The Kier molecular flexibility index (Phi) is 7.78. The van der Waals surface area contributed by atoms with Crippen molar-refractivity contribution in [1.29, 1.82) is 0 Å². The van der Waals surface area contributed by atoms with Crippen LogP contribution in [0.2, 0.25) is 0 Å². The number of aromatic nitrogens is 4. The van der Waals surface area contributed by atoms with Gasteiger partial charge in [-0.15, -0.1) is 0 Å². The van der Waals surface area contributed by atoms with Crippen LogP contribution in [0.15, 0.2) is 47.7 Å². The van der Waals surface area contributed by atoms with Crippen LogP contribution >= 0.6 is 0 Å². The van der Waals surface area contributed by atoms with E-state index in [4.69, 9.17) is 10.5 Å². The number of amides is 1. The quantitative estimate of drug-likeness (QED) is 0.290. The van der Waals surface area contributed by atoms with Crippen molar-refractivity contribution in [3.63, 3.8) is 0 Å². The highest BCUT2D eigenvalue weighted by Gasteiger charge is 2.44. The molecule has 0 saturated carbocycles. The maximum atomic E-state index is 13.2. The SMILES string of the molecule is CCn1c2c(cc(C(=O)Nc3ccc(-c4cn(CC(C)(C)OC(=O)C(F)(F)F)c5ncnc(N)c45)cc3)c1=O)C(=O)CCC2. The topological polar surface area (TPSA) is 151 Å². The molecular formula is C30H29F3N6O5. The van der Waals surface area contributed by atoms with Crippen LogP contribution in [0.25, 0.3) is 22.2 Å². The van der Waals surface area contributed by atoms with E-state index < -0.39 is 29.2 Å². The van der Waals surface area contributed by atoms with Gasteiger partial charge in [0.1, 0.15) is 29.0 Å². The standard InChI is InChI=1S/C30H29F3N6O5/c1-4-39-21-6-5-7-22(40)18(21)12-19(27(39)42)26(41)37-17-10-8-16(9-11-17)20-13-38(25-23(20)24(34)35-15-36-25)14-29(2,3)44-28(43)30(31,32)33/h8-13,15H,4-7,14H2,1-3H3,(H,37,41)(H2,34,35,36). The molecule has 1 aromatic carbocycles. The van der Waals surface area contributed by atoms with Crippen LogP contribution in [0.4, 0.5) is 24.7 Å². The molecule has 0 unspecified atom stereocenters. The largest absolute Gasteiger partial charge is 0.490 e. The van der Waals surface area contributed by atoms with Crippen molar-refractivity contribution in [3.8, 4) is 11.1 Å². The van der Waals surface area contributed by atoms with Gasteiger partial charge in [-0.1, -0.05) is 12.1 Å². The minimum Gasteiger partial charge on any atom is -0.451 e. The maximum Gasteiger partial charge on any atom is 0.490 e. The van der Waals surface area contributed by atoms with Crippen molar-refractivity contribution in [2.45, 2.75) is 64.9 Å². The summed E-state index contributed by atoms with van der Waals surface area (Å²) in [5.41, 5.74) is 6.90. The molecule has 3 aromatic heterocycles. The van der Waals surface area contributed by atoms with Crippen LogP contribution in [0.5, 0.6) is 0 Å². The predicted octanol–water partition coefficient (Wildman–Crippen LogP) is 4.52. The zero-order chi connectivity index (χ0) is 32.0. The molecule has 3 N–H and O–H groups in total. The molecule has 0 bridgehead atoms. The fraction of sp³-hybridized carbons (Fsp3) is 0.333. The molecule has 5 rings (SSSR count). The molecule has 0 radical (unpaired) electrons. The summed E-state index contributed by atoms with van der Waals surface area (Å²) < 4.78 is 46.2. The Labute approximate surface area is 248 Å². The summed E-state index contributed by atoms with van der Waals surface area (Å²) in [7, 11) is 0. The first kappa shape index (κ1) is 30.4. The summed E-state index contributed by atoms with van der Waals surface area (Å²) in [5.74, 6) is -2.94. The van der Waals surface area contributed by atoms with Crippen LogP contribution in [-0.2, 0) is 29.0 Å². The molecule has 1 aliphatic rings. The molecule has 4 aromatic rings. The second-order valence-corrected chi connectivity index (χ2v) is 11.1. The lowest BCUT2D eigenvalue weighted by Crippen LogP contribution is -2.38. The average Bonchev–Trinajstić information content (AvgIpc) is 3.31. The summed E-state index contributed by atoms with van der Waals surface area (Å²) in [6.45, 7) is 4.63. The number of Topliss-reactive ketones (excluding diaryl/α,β-unsaturated/α-hetero) is 1. The van der Waals surface area contributed by atoms with Gasteiger partial charge in [0, 0.05) is 41.7 Å². The van der Waals surface area contributed by atoms with Crippen molar-refractivity contribution >= 4 is 40.2 Å². The summed E-state index contributed by atoms with van der Waals surface area (Å²) in [6.07, 6.45) is -0.706. The summed E-state index contributed by atoms with van der Waals surface area (Å²) in [4.78, 5) is 58.5. The molecule has 11 nitrogen and oxygen atoms in total. The minimum absolute atomic E-state index is 0.101. The normalized spacial score (nSPS) is 13.5. The lowest BCUT2D eigenvalue weighted by molar-refractivity contribution is -0.212. The number of benzene rings is 1. The number of nitrogens with zero attached hydrogens (tertiary/aromatic N) is 4. The van der Waals surface area contributed by atoms with Crippen LogP contribution in [-0.4, -0.2) is 48.5 Å². The van der Waals surface area contributed by atoms with Gasteiger partial charge in [-0.05, 0) is 57.4 Å². The molecular weight excluding hydrogens is 581 g/mol. The van der Waals surface area contributed by atoms with E-state index in [1.807, 2.05) is 0 Å². The number of pyridine rings is 1. The van der Waals surface area contributed by atoms with Gasteiger partial charge in [-0.25, -0.2) is 14.8 Å². The number of ketones is 1. The number of rotatable bonds is 7. The highest BCUT2D eigenvalue weighted by atomic mass is 19.4. The smallest absolute Gasteiger partial charge is 0.451 e. The molecule has 1 aliphatic carbocycles. The van der Waals surface area contributed by atoms with E-state index in [1.165, 1.54) is 35.4 Å². The fourth-order valence-corrected chi connectivity index (χ4v) is 5.43. The number of hydrogen-bond acceptors (Lipinski definition) is 8. The van der Waals surface area contributed by atoms with E-state index in [2.05, 4.69) is 15.3 Å². The van der Waals surface area contributed by atoms with Crippen LogP contribution in [0, 0.1) is 0 Å². The Balaban J connectivity index is 1.43. The number of hydrogen-bond donors (Lipinski definition) is 2. The number of fused-ring (bicyclic) bond motifs is 2. The van der Waals surface area contributed by atoms with E-state index in [9.17, 15) is 32.3 Å². The second-order valence-electron chi connectivity index (χ2n) is 11.1. The maximum absolute atomic E-state index is 13.2. The fourth-order valence-electron chi connectivity index (χ4n) is 5.43. The van der Waals surface area contributed by atoms with Crippen LogP contribution in [0.3, 0.4) is 0 Å². The summed E-state index contributed by atoms with van der Waals surface area (Å²) in [5, 5.41) is 3.14. The van der Waals surface area contributed by atoms with Gasteiger partial charge >= 0.3 is 12.1 Å². The lowest BCUT2D eigenvalue weighted by Gasteiger charge is -2.26. The molecule has 230 valence electrons.